The summed E-state index contributed by atoms with van der Waals surface area (Å²) in [6.07, 6.45) is -3.62. The van der Waals surface area contributed by atoms with Crippen LogP contribution in [0.15, 0.2) is 115 Å². The van der Waals surface area contributed by atoms with Crippen molar-refractivity contribution in [1.82, 2.24) is 42.5 Å². The summed E-state index contributed by atoms with van der Waals surface area (Å²) in [6, 6.07) is 8.14. The third-order valence-corrected chi connectivity index (χ3v) is 16.1. The number of ether oxygens (including phenoxy) is 4. The highest BCUT2D eigenvalue weighted by atomic mass is 35.5. The molecule has 17 bridgehead atoms. The van der Waals surface area contributed by atoms with E-state index in [-0.39, 0.29) is 96.2 Å². The molecule has 0 aromatic heterocycles. The number of alkyl carbamates (subject to hydrolysis) is 1. The molecule has 0 radical (unpaired) electrons. The number of aromatic hydroxyl groups is 6. The van der Waals surface area contributed by atoms with Gasteiger partial charge in [-0.25, -0.2) is 4.79 Å². The minimum atomic E-state index is -2.20. The molecule has 13 rings (SSSR count). The van der Waals surface area contributed by atoms with E-state index < -0.39 is 154 Å². The number of phenolic OH excluding ortho intramolecular Hbond substituents is 6. The molecule has 95 heavy (non-hydrogen) atoms. The number of carbonyl (C=O) groups is 8. The molecular formula is C65H59Cl2N9O19. The molecule has 0 aliphatic carbocycles. The van der Waals surface area contributed by atoms with E-state index in [1.807, 2.05) is 0 Å². The van der Waals surface area contributed by atoms with Crippen LogP contribution in [0.5, 0.6) is 69.0 Å². The van der Waals surface area contributed by atoms with Crippen molar-refractivity contribution in [2.24, 2.45) is 5.73 Å². The van der Waals surface area contributed by atoms with Crippen LogP contribution in [-0.4, -0.2) is 114 Å². The van der Waals surface area contributed by atoms with Crippen LogP contribution in [0.2, 0.25) is 10.0 Å². The lowest BCUT2D eigenvalue weighted by Gasteiger charge is -2.31. The largest absolute Gasteiger partial charge is 0.508 e. The third kappa shape index (κ3) is 13.8. The molecule has 8 atom stereocenters. The van der Waals surface area contributed by atoms with Crippen LogP contribution in [0.25, 0.3) is 11.1 Å². The van der Waals surface area contributed by atoms with Gasteiger partial charge < -0.3 is 103 Å². The van der Waals surface area contributed by atoms with Gasteiger partial charge in [-0.05, 0) is 139 Å². The molecule has 0 fully saturated rings. The van der Waals surface area contributed by atoms with E-state index in [2.05, 4.69) is 42.5 Å². The first-order chi connectivity index (χ1) is 45.1. The Kier molecular flexibility index (Phi) is 17.9. The van der Waals surface area contributed by atoms with E-state index in [4.69, 9.17) is 47.9 Å². The number of aliphatic hydroxyl groups is 1. The van der Waals surface area contributed by atoms with E-state index in [1.165, 1.54) is 48.5 Å². The summed E-state index contributed by atoms with van der Waals surface area (Å²) in [6.45, 7) is 4.47. The van der Waals surface area contributed by atoms with Crippen LogP contribution in [0.4, 0.5) is 4.79 Å². The molecule has 7 aromatic carbocycles. The zero-order valence-corrected chi connectivity index (χ0v) is 51.6. The average molecular weight is 1340 g/mol. The predicted octanol–water partition coefficient (Wildman–Crippen LogP) is 5.54. The van der Waals surface area contributed by atoms with E-state index in [0.717, 1.165) is 66.7 Å². The SMILES string of the molecule is CC(C)(C)OC(=O)N[C@@H]1C(=O)N[C@@H]2Cc3ccc(c(Cl)c3)Oc3cc4cc(c3O)Oc3ccc(cc3Cl)[C@@H](O)[C@@H]3NC(=O)[C@H](NC(=O)[C@@H]4NC(=O)[C@@H](NC2=O)c2cc(O)cc(c2)Oc2cc1ccc2O)c1ccc(O)c(c1)-c1c(O)cc(O)cc1[C@H](C(=O)NCCN)NC3=O. The lowest BCUT2D eigenvalue weighted by molar-refractivity contribution is -0.137. The standard InChI is InChI=1S/C65H59Cl2N9O19/c1-65(2,3)95-64(91)76-50-28-6-9-41(80)45(20-28)92-34-17-30(16-32(77)23-34)51-61(88)73-52-31-21-46(93-43-10-4-26(14-37(43)66)15-39(57(84)71-51)70-59(50)86)56(83)47(22-31)94-44-11-7-29(19-38(44)67)55(82)54-63(90)74-53(58(85)69-13-12-68)36-24-33(78)25-42(81)48(36)35-18-27(5-8-40(35)79)49(60(87)75-54)72-62(52)89/h4-11,14,16-25,39,49-55,77-83H,12-13,15,68H2,1-3H3,(H,69,85)(H,70,86)(H,71,84)(H,72,89)(H,73,88)(H,74,90)(H,75,87)(H,76,91)/t39-,49-,50+,51+,52-,53-,54+,55-/m1/s1. The lowest BCUT2D eigenvalue weighted by Crippen LogP contribution is -2.56. The maximum Gasteiger partial charge on any atom is 0.408 e. The second-order valence-electron chi connectivity index (χ2n) is 23.4. The summed E-state index contributed by atoms with van der Waals surface area (Å²) in [4.78, 5) is 120. The van der Waals surface area contributed by atoms with Crippen LogP contribution < -0.4 is 62.5 Å². The first-order valence-electron chi connectivity index (χ1n) is 29.1. The number of nitrogens with one attached hydrogen (secondary N) is 8. The molecule has 6 heterocycles. The number of fused-ring (bicyclic) bond motifs is 14. The van der Waals surface area contributed by atoms with Crippen LogP contribution in [0.3, 0.4) is 0 Å². The fraction of sp³-hybridized carbons (Fsp3) is 0.231. The van der Waals surface area contributed by atoms with Crippen molar-refractivity contribution in [3.63, 3.8) is 0 Å². The Morgan fingerprint density at radius 2 is 1.16 bits per heavy atom. The first kappa shape index (κ1) is 65.3. The molecule has 492 valence electrons. The molecule has 6 aliphatic heterocycles. The average Bonchev–Trinajstić information content (AvgIpc) is 0.773. The van der Waals surface area contributed by atoms with Crippen molar-refractivity contribution in [3.05, 3.63) is 164 Å². The van der Waals surface area contributed by atoms with Crippen molar-refractivity contribution < 1.29 is 93.0 Å². The number of halogens is 2. The van der Waals surface area contributed by atoms with Gasteiger partial charge in [-0.15, -0.1) is 0 Å². The number of hydrogen-bond donors (Lipinski definition) is 16. The molecule has 7 aromatic rings. The predicted molar refractivity (Wildman–Crippen MR) is 335 cm³/mol. The second kappa shape index (κ2) is 26.1. The maximum atomic E-state index is 15.9. The highest BCUT2D eigenvalue weighted by Crippen LogP contribution is 2.48. The molecule has 0 saturated heterocycles. The summed E-state index contributed by atoms with van der Waals surface area (Å²) in [7, 11) is 0. The number of phenols is 6. The molecule has 0 saturated carbocycles. The highest BCUT2D eigenvalue weighted by molar-refractivity contribution is 6.32. The van der Waals surface area contributed by atoms with Crippen molar-refractivity contribution in [1.29, 1.82) is 0 Å². The van der Waals surface area contributed by atoms with Gasteiger partial charge in [-0.2, -0.15) is 0 Å². The Labute approximate surface area is 548 Å². The summed E-state index contributed by atoms with van der Waals surface area (Å²) in [5, 5.41) is 101. The van der Waals surface area contributed by atoms with E-state index in [9.17, 15) is 54.9 Å². The lowest BCUT2D eigenvalue weighted by atomic mass is 9.89. The van der Waals surface area contributed by atoms with Crippen LogP contribution in [0.1, 0.15) is 96.0 Å². The van der Waals surface area contributed by atoms with Gasteiger partial charge in [-0.1, -0.05) is 47.5 Å². The Morgan fingerprint density at radius 3 is 1.82 bits per heavy atom. The topological polar surface area (TPSA) is 437 Å². The number of nitrogens with two attached hydrogens (primary N) is 1. The first-order valence-corrected chi connectivity index (χ1v) is 29.9. The molecule has 0 unspecified atom stereocenters. The number of amides is 8. The summed E-state index contributed by atoms with van der Waals surface area (Å²) in [5.74, 6) is -14.4. The van der Waals surface area contributed by atoms with Crippen molar-refractivity contribution >= 4 is 70.6 Å². The molecular weight excluding hydrogens is 1280 g/mol. The van der Waals surface area contributed by atoms with Crippen molar-refractivity contribution in [3.8, 4) is 80.1 Å². The molecule has 28 nitrogen and oxygen atoms in total. The summed E-state index contributed by atoms with van der Waals surface area (Å²) < 4.78 is 24.1. The van der Waals surface area contributed by atoms with Gasteiger partial charge in [-0.3, -0.25) is 33.6 Å². The third-order valence-electron chi connectivity index (χ3n) is 15.5. The fourth-order valence-corrected chi connectivity index (χ4v) is 11.6. The quantitative estimate of drug-likeness (QED) is 0.103. The maximum absolute atomic E-state index is 15.9. The number of aliphatic hydroxyl groups excluding tert-OH is 1. The summed E-state index contributed by atoms with van der Waals surface area (Å²) in [5.41, 5.74) is 2.76. The molecule has 0 spiro atoms. The Hall–Kier alpha value is -11.2. The normalized spacial score (nSPS) is 21.0. The fourth-order valence-electron chi connectivity index (χ4n) is 11.1. The van der Waals surface area contributed by atoms with Crippen molar-refractivity contribution in [2.75, 3.05) is 13.1 Å². The van der Waals surface area contributed by atoms with Gasteiger partial charge in [0.25, 0.3) is 0 Å². The Balaban J connectivity index is 1.12. The minimum Gasteiger partial charge on any atom is -0.508 e. The van der Waals surface area contributed by atoms with Gasteiger partial charge in [0.2, 0.25) is 47.1 Å². The molecule has 8 amide bonds. The van der Waals surface area contributed by atoms with E-state index in [1.54, 1.807) is 20.8 Å². The zero-order chi connectivity index (χ0) is 68.1. The number of carbonyl (C=O) groups excluding carboxylic acids is 8. The number of rotatable bonds is 4. The van der Waals surface area contributed by atoms with E-state index >= 15 is 19.2 Å². The van der Waals surface area contributed by atoms with Gasteiger partial charge in [0.15, 0.2) is 23.0 Å². The zero-order valence-electron chi connectivity index (χ0n) is 50.1. The van der Waals surface area contributed by atoms with E-state index in [0.29, 0.717) is 0 Å². The van der Waals surface area contributed by atoms with Gasteiger partial charge in [0.1, 0.15) is 94.2 Å². The molecule has 6 aliphatic rings. The van der Waals surface area contributed by atoms with Gasteiger partial charge in [0.05, 0.1) is 10.0 Å². The van der Waals surface area contributed by atoms with Crippen LogP contribution >= 0.6 is 23.2 Å². The van der Waals surface area contributed by atoms with Gasteiger partial charge in [0, 0.05) is 42.8 Å². The smallest absolute Gasteiger partial charge is 0.408 e. The Morgan fingerprint density at radius 1 is 0.568 bits per heavy atom. The Bertz CT molecular complexity index is 4360. The van der Waals surface area contributed by atoms with Crippen LogP contribution in [0, 0.1) is 0 Å². The molecule has 30 heteroatoms. The number of benzene rings is 7. The van der Waals surface area contributed by atoms with Gasteiger partial charge >= 0.3 is 6.09 Å². The molecule has 17 N–H and O–H groups in total. The highest BCUT2D eigenvalue weighted by Gasteiger charge is 2.42. The minimum absolute atomic E-state index is 0.00527. The van der Waals surface area contributed by atoms with Crippen molar-refractivity contribution in [2.45, 2.75) is 81.2 Å². The van der Waals surface area contributed by atoms with Crippen LogP contribution in [-0.2, 0) is 44.7 Å². The monoisotopic (exact) mass is 1340 g/mol. The second-order valence-corrected chi connectivity index (χ2v) is 24.3. The number of hydrogen-bond acceptors (Lipinski definition) is 20. The summed E-state index contributed by atoms with van der Waals surface area (Å²) >= 11 is 13.8.